The van der Waals surface area contributed by atoms with Crippen molar-refractivity contribution in [3.63, 3.8) is 0 Å². The van der Waals surface area contributed by atoms with Crippen molar-refractivity contribution in [2.24, 2.45) is 5.73 Å². The number of aromatic nitrogens is 1. The molecule has 3 nitrogen and oxygen atoms in total. The summed E-state index contributed by atoms with van der Waals surface area (Å²) >= 11 is 0. The van der Waals surface area contributed by atoms with E-state index in [0.717, 1.165) is 25.1 Å². The Balaban J connectivity index is 1.99. The van der Waals surface area contributed by atoms with E-state index in [4.69, 9.17) is 5.73 Å². The van der Waals surface area contributed by atoms with E-state index in [1.807, 2.05) is 0 Å². The van der Waals surface area contributed by atoms with Gasteiger partial charge in [0, 0.05) is 18.8 Å². The van der Waals surface area contributed by atoms with Crippen molar-refractivity contribution in [1.82, 2.24) is 9.88 Å². The minimum Gasteiger partial charge on any atom is -0.330 e. The Hall–Kier alpha value is -1.00. The van der Waals surface area contributed by atoms with Gasteiger partial charge in [0.15, 0.2) is 0 Å². The average molecular weight is 265 g/mol. The highest BCUT2D eigenvalue weighted by atomic mass is 19.1. The van der Waals surface area contributed by atoms with Gasteiger partial charge in [-0.1, -0.05) is 19.3 Å². The fourth-order valence-corrected chi connectivity index (χ4v) is 2.91. The van der Waals surface area contributed by atoms with Crippen LogP contribution in [0.5, 0.6) is 0 Å². The SMILES string of the molecule is NCCCN(Cc1cncc(F)c1)C1CCCCC1. The summed E-state index contributed by atoms with van der Waals surface area (Å²) in [7, 11) is 0. The van der Waals surface area contributed by atoms with Crippen molar-refractivity contribution in [2.45, 2.75) is 51.1 Å². The summed E-state index contributed by atoms with van der Waals surface area (Å²) in [5, 5.41) is 0. The summed E-state index contributed by atoms with van der Waals surface area (Å²) in [6.07, 6.45) is 10.5. The third-order valence-electron chi connectivity index (χ3n) is 3.89. The molecule has 1 heterocycles. The second-order valence-electron chi connectivity index (χ2n) is 5.42. The molecule has 2 N–H and O–H groups in total. The number of halogens is 1. The van der Waals surface area contributed by atoms with E-state index in [1.165, 1.54) is 38.3 Å². The molecule has 19 heavy (non-hydrogen) atoms. The van der Waals surface area contributed by atoms with Crippen LogP contribution in [0.15, 0.2) is 18.5 Å². The first-order valence-corrected chi connectivity index (χ1v) is 7.33. The van der Waals surface area contributed by atoms with Gasteiger partial charge in [-0.2, -0.15) is 0 Å². The van der Waals surface area contributed by atoms with Gasteiger partial charge in [0.1, 0.15) is 5.82 Å². The quantitative estimate of drug-likeness (QED) is 0.860. The fourth-order valence-electron chi connectivity index (χ4n) is 2.91. The molecule has 1 aliphatic carbocycles. The first kappa shape index (κ1) is 14.4. The molecule has 0 radical (unpaired) electrons. The Morgan fingerprint density at radius 3 is 2.74 bits per heavy atom. The summed E-state index contributed by atoms with van der Waals surface area (Å²) in [5.74, 6) is -0.250. The van der Waals surface area contributed by atoms with Crippen molar-refractivity contribution in [1.29, 1.82) is 0 Å². The zero-order valence-corrected chi connectivity index (χ0v) is 11.5. The minimum atomic E-state index is -0.250. The largest absolute Gasteiger partial charge is 0.330 e. The van der Waals surface area contributed by atoms with E-state index >= 15 is 0 Å². The van der Waals surface area contributed by atoms with E-state index in [2.05, 4.69) is 9.88 Å². The van der Waals surface area contributed by atoms with E-state index in [1.54, 1.807) is 12.3 Å². The Morgan fingerprint density at radius 1 is 1.26 bits per heavy atom. The molecule has 0 unspecified atom stereocenters. The monoisotopic (exact) mass is 265 g/mol. The zero-order valence-electron chi connectivity index (χ0n) is 11.5. The maximum Gasteiger partial charge on any atom is 0.141 e. The van der Waals surface area contributed by atoms with E-state index in [-0.39, 0.29) is 5.82 Å². The molecule has 0 spiro atoms. The van der Waals surface area contributed by atoms with Gasteiger partial charge in [-0.05, 0) is 44.0 Å². The van der Waals surface area contributed by atoms with Crippen LogP contribution >= 0.6 is 0 Å². The number of nitrogens with zero attached hydrogens (tertiary/aromatic N) is 2. The molecular weight excluding hydrogens is 241 g/mol. The van der Waals surface area contributed by atoms with Crippen LogP contribution in [0.25, 0.3) is 0 Å². The predicted molar refractivity (Wildman–Crippen MR) is 75.1 cm³/mol. The lowest BCUT2D eigenvalue weighted by atomic mass is 9.93. The molecule has 1 saturated carbocycles. The first-order valence-electron chi connectivity index (χ1n) is 7.33. The van der Waals surface area contributed by atoms with E-state index in [0.29, 0.717) is 12.6 Å². The van der Waals surface area contributed by atoms with Gasteiger partial charge in [-0.3, -0.25) is 9.88 Å². The molecule has 0 aromatic carbocycles. The number of hydrogen-bond donors (Lipinski definition) is 1. The number of pyridine rings is 1. The van der Waals surface area contributed by atoms with Crippen molar-refractivity contribution < 1.29 is 4.39 Å². The summed E-state index contributed by atoms with van der Waals surface area (Å²) in [6.45, 7) is 2.50. The van der Waals surface area contributed by atoms with Crippen LogP contribution in [0.3, 0.4) is 0 Å². The van der Waals surface area contributed by atoms with Gasteiger partial charge in [0.25, 0.3) is 0 Å². The van der Waals surface area contributed by atoms with Crippen LogP contribution in [-0.4, -0.2) is 29.0 Å². The summed E-state index contributed by atoms with van der Waals surface area (Å²) in [4.78, 5) is 6.40. The van der Waals surface area contributed by atoms with E-state index in [9.17, 15) is 4.39 Å². The van der Waals surface area contributed by atoms with Crippen molar-refractivity contribution in [3.8, 4) is 0 Å². The lowest BCUT2D eigenvalue weighted by molar-refractivity contribution is 0.147. The standard InChI is InChI=1S/C15H24FN3/c16-14-9-13(10-18-11-14)12-19(8-4-7-17)15-5-2-1-3-6-15/h9-11,15H,1-8,12,17H2. The third kappa shape index (κ3) is 4.55. The maximum atomic E-state index is 13.2. The van der Waals surface area contributed by atoms with Crippen LogP contribution in [0.2, 0.25) is 0 Å². The van der Waals surface area contributed by atoms with Crippen molar-refractivity contribution >= 4 is 0 Å². The molecule has 4 heteroatoms. The maximum absolute atomic E-state index is 13.2. The molecular formula is C15H24FN3. The number of nitrogens with two attached hydrogens (primary N) is 1. The Morgan fingerprint density at radius 2 is 2.05 bits per heavy atom. The van der Waals surface area contributed by atoms with Gasteiger partial charge in [-0.25, -0.2) is 4.39 Å². The zero-order chi connectivity index (χ0) is 13.5. The highest BCUT2D eigenvalue weighted by molar-refractivity contribution is 5.10. The predicted octanol–water partition coefficient (Wildman–Crippen LogP) is 2.70. The Labute approximate surface area is 115 Å². The molecule has 1 aliphatic rings. The third-order valence-corrected chi connectivity index (χ3v) is 3.89. The van der Waals surface area contributed by atoms with Crippen LogP contribution < -0.4 is 5.73 Å². The number of hydrogen-bond acceptors (Lipinski definition) is 3. The Bertz CT molecular complexity index is 377. The van der Waals surface area contributed by atoms with Gasteiger partial charge in [0.2, 0.25) is 0 Å². The molecule has 0 aliphatic heterocycles. The van der Waals surface area contributed by atoms with E-state index < -0.39 is 0 Å². The van der Waals surface area contributed by atoms with Crippen molar-refractivity contribution in [2.75, 3.05) is 13.1 Å². The second-order valence-corrected chi connectivity index (χ2v) is 5.42. The minimum absolute atomic E-state index is 0.250. The normalized spacial score (nSPS) is 17.0. The highest BCUT2D eigenvalue weighted by Crippen LogP contribution is 2.24. The Kier molecular flexibility index (Phi) is 5.73. The lowest BCUT2D eigenvalue weighted by Crippen LogP contribution is -2.37. The molecule has 1 aromatic rings. The topological polar surface area (TPSA) is 42.1 Å². The molecule has 0 atom stereocenters. The highest BCUT2D eigenvalue weighted by Gasteiger charge is 2.20. The van der Waals surface area contributed by atoms with Gasteiger partial charge in [0.05, 0.1) is 6.20 Å². The van der Waals surface area contributed by atoms with Crippen LogP contribution in [0.1, 0.15) is 44.1 Å². The molecule has 0 saturated heterocycles. The summed E-state index contributed by atoms with van der Waals surface area (Å²) in [5.41, 5.74) is 6.59. The smallest absolute Gasteiger partial charge is 0.141 e. The van der Waals surface area contributed by atoms with Crippen LogP contribution in [0.4, 0.5) is 4.39 Å². The van der Waals surface area contributed by atoms with Gasteiger partial charge < -0.3 is 5.73 Å². The van der Waals surface area contributed by atoms with Gasteiger partial charge >= 0.3 is 0 Å². The average Bonchev–Trinajstić information content (AvgIpc) is 2.44. The van der Waals surface area contributed by atoms with Crippen LogP contribution in [-0.2, 0) is 6.54 Å². The molecule has 2 rings (SSSR count). The van der Waals surface area contributed by atoms with Crippen molar-refractivity contribution in [3.05, 3.63) is 29.8 Å². The van der Waals surface area contributed by atoms with Gasteiger partial charge in [-0.15, -0.1) is 0 Å². The second kappa shape index (κ2) is 7.56. The first-order chi connectivity index (χ1) is 9.29. The summed E-state index contributed by atoms with van der Waals surface area (Å²) < 4.78 is 13.2. The molecule has 1 aromatic heterocycles. The molecule has 0 bridgehead atoms. The molecule has 1 fully saturated rings. The number of rotatable bonds is 6. The lowest BCUT2D eigenvalue weighted by Gasteiger charge is -2.34. The molecule has 0 amide bonds. The van der Waals surface area contributed by atoms with Crippen LogP contribution in [0, 0.1) is 5.82 Å². The fraction of sp³-hybridized carbons (Fsp3) is 0.667. The summed E-state index contributed by atoms with van der Waals surface area (Å²) in [6, 6.07) is 2.22. The molecule has 106 valence electrons.